The first-order valence-corrected chi connectivity index (χ1v) is 8.56. The molecule has 3 aromatic rings. The fourth-order valence-electron chi connectivity index (χ4n) is 2.71. The Kier molecular flexibility index (Phi) is 4.79. The average Bonchev–Trinajstić information content (AvgIpc) is 2.68. The zero-order valence-electron chi connectivity index (χ0n) is 14.2. The van der Waals surface area contributed by atoms with Gasteiger partial charge in [0.2, 0.25) is 0 Å². The minimum Gasteiger partial charge on any atom is -0.436 e. The second kappa shape index (κ2) is 7.40. The molecule has 142 valence electrons. The molecule has 1 aliphatic heterocycles. The number of pyridine rings is 2. The van der Waals surface area contributed by atoms with E-state index in [1.54, 1.807) is 12.1 Å². The van der Waals surface area contributed by atoms with E-state index in [4.69, 9.17) is 21.1 Å². The van der Waals surface area contributed by atoms with Crippen LogP contribution in [0.25, 0.3) is 0 Å². The van der Waals surface area contributed by atoms with Crippen molar-refractivity contribution in [2.24, 2.45) is 0 Å². The molecule has 0 N–H and O–H groups in total. The van der Waals surface area contributed by atoms with Crippen LogP contribution in [0.4, 0.5) is 13.6 Å². The summed E-state index contributed by atoms with van der Waals surface area (Å²) in [6.45, 7) is 0.176. The largest absolute Gasteiger partial charge is 0.436 e. The van der Waals surface area contributed by atoms with Crippen LogP contribution in [0.2, 0.25) is 5.15 Å². The van der Waals surface area contributed by atoms with Crippen LogP contribution in [0.3, 0.4) is 0 Å². The standard InChI is InChI=1S/C19H12ClF2N3O3/c20-17-16(22)12(5-7-23-17)10-25-9-11-3-4-13(8-15(11)28-19(25)26)27-18-14(21)2-1-6-24-18/h1-8H,9-10H2. The lowest BCUT2D eigenvalue weighted by atomic mass is 10.1. The highest BCUT2D eigenvalue weighted by Gasteiger charge is 2.26. The maximum atomic E-state index is 14.0. The highest BCUT2D eigenvalue weighted by molar-refractivity contribution is 6.29. The third-order valence-corrected chi connectivity index (χ3v) is 4.35. The number of carbonyl (C=O) groups excluding carboxylic acids is 1. The summed E-state index contributed by atoms with van der Waals surface area (Å²) in [6, 6.07) is 8.88. The average molecular weight is 404 g/mol. The van der Waals surface area contributed by atoms with Crippen LogP contribution in [0, 0.1) is 11.6 Å². The topological polar surface area (TPSA) is 64.6 Å². The normalized spacial score (nSPS) is 13.1. The number of rotatable bonds is 4. The van der Waals surface area contributed by atoms with Crippen LogP contribution >= 0.6 is 11.6 Å². The summed E-state index contributed by atoms with van der Waals surface area (Å²) in [7, 11) is 0. The summed E-state index contributed by atoms with van der Waals surface area (Å²) >= 11 is 5.68. The maximum Gasteiger partial charge on any atom is 0.415 e. The summed E-state index contributed by atoms with van der Waals surface area (Å²) in [4.78, 5) is 21.1. The number of halogens is 3. The lowest BCUT2D eigenvalue weighted by molar-refractivity contribution is 0.134. The summed E-state index contributed by atoms with van der Waals surface area (Å²) in [6.07, 6.45) is 2.12. The number of amides is 1. The lowest BCUT2D eigenvalue weighted by Crippen LogP contribution is -2.36. The Balaban J connectivity index is 1.53. The van der Waals surface area contributed by atoms with E-state index in [9.17, 15) is 13.6 Å². The van der Waals surface area contributed by atoms with Gasteiger partial charge in [-0.05, 0) is 30.3 Å². The molecule has 0 bridgehead atoms. The molecule has 9 heteroatoms. The van der Waals surface area contributed by atoms with Crippen molar-refractivity contribution in [1.29, 1.82) is 0 Å². The second-order valence-electron chi connectivity index (χ2n) is 5.96. The number of hydrogen-bond acceptors (Lipinski definition) is 5. The minimum atomic E-state index is -0.677. The highest BCUT2D eigenvalue weighted by atomic mass is 35.5. The highest BCUT2D eigenvalue weighted by Crippen LogP contribution is 2.33. The van der Waals surface area contributed by atoms with E-state index >= 15 is 0 Å². The van der Waals surface area contributed by atoms with Crippen molar-refractivity contribution in [3.8, 4) is 17.4 Å². The maximum absolute atomic E-state index is 14.0. The van der Waals surface area contributed by atoms with Gasteiger partial charge in [-0.15, -0.1) is 0 Å². The molecule has 1 aliphatic rings. The Morgan fingerprint density at radius 2 is 2.04 bits per heavy atom. The zero-order chi connectivity index (χ0) is 19.7. The van der Waals surface area contributed by atoms with Gasteiger partial charge in [0.15, 0.2) is 16.8 Å². The fraction of sp³-hybridized carbons (Fsp3) is 0.105. The molecule has 0 aliphatic carbocycles. The molecule has 4 rings (SSSR count). The van der Waals surface area contributed by atoms with Crippen molar-refractivity contribution in [1.82, 2.24) is 14.9 Å². The van der Waals surface area contributed by atoms with Gasteiger partial charge in [-0.1, -0.05) is 11.6 Å². The van der Waals surface area contributed by atoms with E-state index in [0.717, 1.165) is 0 Å². The predicted molar refractivity (Wildman–Crippen MR) is 95.2 cm³/mol. The molecule has 0 atom stereocenters. The number of benzene rings is 1. The molecular formula is C19H12ClF2N3O3. The molecule has 3 heterocycles. The molecule has 0 fully saturated rings. The molecule has 0 unspecified atom stereocenters. The second-order valence-corrected chi connectivity index (χ2v) is 6.32. The monoisotopic (exact) mass is 403 g/mol. The van der Waals surface area contributed by atoms with Crippen LogP contribution in [0.1, 0.15) is 11.1 Å². The van der Waals surface area contributed by atoms with Gasteiger partial charge in [0.05, 0.1) is 13.1 Å². The van der Waals surface area contributed by atoms with Gasteiger partial charge in [0, 0.05) is 29.6 Å². The Bertz CT molecular complexity index is 1060. The summed E-state index contributed by atoms with van der Waals surface area (Å²) < 4.78 is 38.4. The first kappa shape index (κ1) is 18.1. The summed E-state index contributed by atoms with van der Waals surface area (Å²) in [5.74, 6) is -0.922. The van der Waals surface area contributed by atoms with Crippen molar-refractivity contribution in [2.45, 2.75) is 13.1 Å². The van der Waals surface area contributed by atoms with E-state index in [1.165, 1.54) is 41.6 Å². The van der Waals surface area contributed by atoms with Gasteiger partial charge in [-0.2, -0.15) is 0 Å². The van der Waals surface area contributed by atoms with Gasteiger partial charge in [-0.3, -0.25) is 4.90 Å². The van der Waals surface area contributed by atoms with Crippen LogP contribution in [0.5, 0.6) is 17.4 Å². The summed E-state index contributed by atoms with van der Waals surface area (Å²) in [5.41, 5.74) is 0.917. The number of ether oxygens (including phenoxy) is 2. The van der Waals surface area contributed by atoms with Gasteiger partial charge in [0.25, 0.3) is 5.88 Å². The number of hydrogen-bond donors (Lipinski definition) is 0. The van der Waals surface area contributed by atoms with Crippen molar-refractivity contribution in [2.75, 3.05) is 0 Å². The number of carbonyl (C=O) groups is 1. The van der Waals surface area contributed by atoms with Crippen molar-refractivity contribution in [3.05, 3.63) is 76.7 Å². The third-order valence-electron chi connectivity index (χ3n) is 4.08. The Morgan fingerprint density at radius 1 is 1.18 bits per heavy atom. The van der Waals surface area contributed by atoms with Gasteiger partial charge in [0.1, 0.15) is 11.5 Å². The Morgan fingerprint density at radius 3 is 2.86 bits per heavy atom. The smallest absolute Gasteiger partial charge is 0.415 e. The van der Waals surface area contributed by atoms with E-state index in [2.05, 4.69) is 9.97 Å². The Labute approximate surface area is 163 Å². The van der Waals surface area contributed by atoms with E-state index in [-0.39, 0.29) is 41.2 Å². The molecule has 0 spiro atoms. The van der Waals surface area contributed by atoms with E-state index in [1.807, 2.05) is 0 Å². The van der Waals surface area contributed by atoms with Crippen LogP contribution in [0.15, 0.2) is 48.8 Å². The Hall–Kier alpha value is -3.26. The minimum absolute atomic E-state index is 0.0241. The molecular weight excluding hydrogens is 392 g/mol. The molecule has 0 saturated heterocycles. The van der Waals surface area contributed by atoms with E-state index in [0.29, 0.717) is 5.56 Å². The van der Waals surface area contributed by atoms with Crippen LogP contribution in [-0.4, -0.2) is 21.0 Å². The SMILES string of the molecule is O=C1Oc2cc(Oc3ncccc3F)ccc2CN1Cc1ccnc(Cl)c1F. The quantitative estimate of drug-likeness (QED) is 0.590. The van der Waals surface area contributed by atoms with E-state index < -0.39 is 17.7 Å². The van der Waals surface area contributed by atoms with Gasteiger partial charge >= 0.3 is 6.09 Å². The van der Waals surface area contributed by atoms with Crippen LogP contribution < -0.4 is 9.47 Å². The fourth-order valence-corrected chi connectivity index (χ4v) is 2.89. The molecule has 28 heavy (non-hydrogen) atoms. The van der Waals surface area contributed by atoms with Crippen molar-refractivity contribution >= 4 is 17.7 Å². The number of nitrogens with zero attached hydrogens (tertiary/aromatic N) is 3. The molecule has 0 saturated carbocycles. The van der Waals surface area contributed by atoms with Crippen LogP contribution in [-0.2, 0) is 13.1 Å². The van der Waals surface area contributed by atoms with Crippen molar-refractivity contribution in [3.63, 3.8) is 0 Å². The number of aromatic nitrogens is 2. The summed E-state index contributed by atoms with van der Waals surface area (Å²) in [5, 5.41) is -0.258. The zero-order valence-corrected chi connectivity index (χ0v) is 15.0. The molecule has 1 amide bonds. The molecule has 2 aromatic heterocycles. The predicted octanol–water partition coefficient (Wildman–Crippen LogP) is 4.72. The van der Waals surface area contributed by atoms with Gasteiger partial charge in [-0.25, -0.2) is 23.5 Å². The van der Waals surface area contributed by atoms with Gasteiger partial charge < -0.3 is 9.47 Å². The molecule has 1 aromatic carbocycles. The molecule has 0 radical (unpaired) electrons. The first-order valence-electron chi connectivity index (χ1n) is 8.18. The number of fused-ring (bicyclic) bond motifs is 1. The first-order chi connectivity index (χ1) is 13.5. The van der Waals surface area contributed by atoms with Crippen molar-refractivity contribution < 1.29 is 23.0 Å². The molecule has 6 nitrogen and oxygen atoms in total. The third kappa shape index (κ3) is 3.59. The lowest BCUT2D eigenvalue weighted by Gasteiger charge is -2.28.